The Hall–Kier alpha value is -2.90. The summed E-state index contributed by atoms with van der Waals surface area (Å²) in [5.74, 6) is -0.0252. The van der Waals surface area contributed by atoms with Gasteiger partial charge in [-0.05, 0) is 70.0 Å². The fourth-order valence-corrected chi connectivity index (χ4v) is 5.58. The van der Waals surface area contributed by atoms with Crippen molar-refractivity contribution in [1.29, 1.82) is 0 Å². The van der Waals surface area contributed by atoms with E-state index in [2.05, 4.69) is 33.5 Å². The number of thiophene rings is 1. The number of anilines is 2. The minimum absolute atomic E-state index is 0.0252. The highest BCUT2D eigenvalue weighted by atomic mass is 32.1. The number of nitrogens with one attached hydrogen (secondary N) is 2. The Balaban J connectivity index is 1.46. The van der Waals surface area contributed by atoms with Gasteiger partial charge in [0.2, 0.25) is 0 Å². The molecule has 1 aliphatic heterocycles. The number of hydrogen-bond acceptors (Lipinski definition) is 5. The maximum Gasteiger partial charge on any atom is 0.264 e. The van der Waals surface area contributed by atoms with Crippen molar-refractivity contribution in [2.75, 3.05) is 11.9 Å². The van der Waals surface area contributed by atoms with Gasteiger partial charge in [0.1, 0.15) is 0 Å². The SMILES string of the molecule is Cc1cc2cc(Nc3ccnc4cc(C(=O)N5CCCC5C(C)(C)O)sc34)ccc2[nH]1. The number of carbonyl (C=O) groups is 1. The number of amides is 1. The van der Waals surface area contributed by atoms with E-state index in [1.807, 2.05) is 30.0 Å². The Labute approximate surface area is 184 Å². The lowest BCUT2D eigenvalue weighted by Crippen LogP contribution is -2.48. The van der Waals surface area contributed by atoms with E-state index in [0.29, 0.717) is 11.4 Å². The zero-order chi connectivity index (χ0) is 21.8. The van der Waals surface area contributed by atoms with Crippen LogP contribution < -0.4 is 5.32 Å². The number of hydrogen-bond donors (Lipinski definition) is 3. The second-order valence-corrected chi connectivity index (χ2v) is 9.93. The van der Waals surface area contributed by atoms with Gasteiger partial charge in [0, 0.05) is 35.0 Å². The molecule has 1 amide bonds. The molecule has 5 rings (SSSR count). The molecule has 4 heterocycles. The minimum Gasteiger partial charge on any atom is -0.388 e. The number of aliphatic hydroxyl groups is 1. The number of fused-ring (bicyclic) bond motifs is 2. The Kier molecular flexibility index (Phi) is 4.75. The Morgan fingerprint density at radius 1 is 1.29 bits per heavy atom. The number of aryl methyl sites for hydroxylation is 1. The van der Waals surface area contributed by atoms with E-state index in [0.717, 1.165) is 51.0 Å². The normalized spacial score (nSPS) is 17.0. The molecule has 0 spiro atoms. The number of likely N-dealkylation sites (tertiary alicyclic amines) is 1. The molecule has 4 aromatic rings. The van der Waals surface area contributed by atoms with Crippen molar-refractivity contribution in [2.24, 2.45) is 0 Å². The fourth-order valence-electron chi connectivity index (χ4n) is 4.54. The first-order valence-electron chi connectivity index (χ1n) is 10.6. The summed E-state index contributed by atoms with van der Waals surface area (Å²) in [5, 5.41) is 15.1. The van der Waals surface area contributed by atoms with Gasteiger partial charge >= 0.3 is 0 Å². The summed E-state index contributed by atoms with van der Waals surface area (Å²) in [5.41, 5.74) is 4.05. The van der Waals surface area contributed by atoms with E-state index < -0.39 is 5.60 Å². The summed E-state index contributed by atoms with van der Waals surface area (Å²) in [6.45, 7) is 6.28. The van der Waals surface area contributed by atoms with Crippen molar-refractivity contribution in [2.45, 2.75) is 45.3 Å². The molecule has 1 aliphatic rings. The molecule has 6 nitrogen and oxygen atoms in total. The third-order valence-corrected chi connectivity index (χ3v) is 7.13. The lowest BCUT2D eigenvalue weighted by molar-refractivity contribution is 0.000524. The van der Waals surface area contributed by atoms with E-state index in [-0.39, 0.29) is 11.9 Å². The molecule has 3 aromatic heterocycles. The van der Waals surface area contributed by atoms with Crippen LogP contribution in [0, 0.1) is 6.92 Å². The van der Waals surface area contributed by atoms with Crippen LogP contribution in [0.1, 0.15) is 42.1 Å². The van der Waals surface area contributed by atoms with E-state index in [9.17, 15) is 9.90 Å². The van der Waals surface area contributed by atoms with Crippen molar-refractivity contribution in [3.8, 4) is 0 Å². The molecule has 160 valence electrons. The van der Waals surface area contributed by atoms with Gasteiger partial charge in [0.25, 0.3) is 5.91 Å². The number of aromatic amines is 1. The number of H-pyrrole nitrogens is 1. The number of rotatable bonds is 4. The van der Waals surface area contributed by atoms with Gasteiger partial charge in [-0.25, -0.2) is 0 Å². The summed E-state index contributed by atoms with van der Waals surface area (Å²) in [6, 6.07) is 12.0. The largest absolute Gasteiger partial charge is 0.388 e. The molecular weight excluding hydrogens is 408 g/mol. The number of pyridine rings is 1. The number of carbonyl (C=O) groups excluding carboxylic acids is 1. The van der Waals surface area contributed by atoms with Gasteiger partial charge in [-0.2, -0.15) is 0 Å². The summed E-state index contributed by atoms with van der Waals surface area (Å²) >= 11 is 1.45. The van der Waals surface area contributed by atoms with E-state index in [4.69, 9.17) is 0 Å². The minimum atomic E-state index is -0.914. The summed E-state index contributed by atoms with van der Waals surface area (Å²) in [4.78, 5) is 23.6. The predicted molar refractivity (Wildman–Crippen MR) is 126 cm³/mol. The third kappa shape index (κ3) is 3.68. The standard InChI is InChI=1S/C24H26N4O2S/c1-14-11-15-12-16(6-7-17(15)26-14)27-18-8-9-25-19-13-20(31-22(18)19)23(29)28-10-4-5-21(28)24(2,3)30/h6-9,11-13,21,26,30H,4-5,10H2,1-3H3,(H,25,27). The quantitative estimate of drug-likeness (QED) is 0.412. The molecule has 7 heteroatoms. The van der Waals surface area contributed by atoms with Gasteiger partial charge < -0.3 is 20.3 Å². The molecule has 3 N–H and O–H groups in total. The first kappa shape index (κ1) is 20.0. The number of nitrogens with zero attached hydrogens (tertiary/aromatic N) is 2. The highest BCUT2D eigenvalue weighted by Gasteiger charge is 2.39. The Bertz CT molecular complexity index is 1280. The molecular formula is C24H26N4O2S. The molecule has 1 unspecified atom stereocenters. The second-order valence-electron chi connectivity index (χ2n) is 8.87. The number of benzene rings is 1. The molecule has 31 heavy (non-hydrogen) atoms. The van der Waals surface area contributed by atoms with Crippen molar-refractivity contribution < 1.29 is 9.90 Å². The van der Waals surface area contributed by atoms with Gasteiger partial charge in [-0.15, -0.1) is 11.3 Å². The van der Waals surface area contributed by atoms with Crippen LogP contribution in [0.3, 0.4) is 0 Å². The average molecular weight is 435 g/mol. The van der Waals surface area contributed by atoms with Gasteiger partial charge in [0.05, 0.1) is 32.4 Å². The third-order valence-electron chi connectivity index (χ3n) is 5.99. The maximum absolute atomic E-state index is 13.3. The summed E-state index contributed by atoms with van der Waals surface area (Å²) < 4.78 is 0.954. The molecule has 1 atom stereocenters. The van der Waals surface area contributed by atoms with E-state index in [1.54, 1.807) is 20.0 Å². The van der Waals surface area contributed by atoms with Crippen molar-refractivity contribution in [3.05, 3.63) is 53.2 Å². The van der Waals surface area contributed by atoms with Crippen molar-refractivity contribution in [3.63, 3.8) is 0 Å². The zero-order valence-electron chi connectivity index (χ0n) is 17.9. The fraction of sp³-hybridized carbons (Fsp3) is 0.333. The van der Waals surface area contributed by atoms with E-state index in [1.165, 1.54) is 11.3 Å². The molecule has 0 radical (unpaired) electrons. The van der Waals surface area contributed by atoms with Crippen LogP contribution in [-0.4, -0.2) is 44.1 Å². The first-order chi connectivity index (χ1) is 14.8. The van der Waals surface area contributed by atoms with Crippen LogP contribution in [0.5, 0.6) is 0 Å². The molecule has 0 bridgehead atoms. The van der Waals surface area contributed by atoms with Gasteiger partial charge in [0.15, 0.2) is 0 Å². The van der Waals surface area contributed by atoms with Crippen molar-refractivity contribution >= 4 is 49.7 Å². The van der Waals surface area contributed by atoms with E-state index >= 15 is 0 Å². The van der Waals surface area contributed by atoms with Crippen molar-refractivity contribution in [1.82, 2.24) is 14.9 Å². The van der Waals surface area contributed by atoms with Gasteiger partial charge in [-0.3, -0.25) is 9.78 Å². The Morgan fingerprint density at radius 3 is 2.94 bits per heavy atom. The average Bonchev–Trinajstić information content (AvgIpc) is 3.44. The van der Waals surface area contributed by atoms with Crippen LogP contribution in [0.15, 0.2) is 42.6 Å². The van der Waals surface area contributed by atoms with Crippen LogP contribution in [0.4, 0.5) is 11.4 Å². The number of aromatic nitrogens is 2. The molecule has 0 aliphatic carbocycles. The molecule has 1 aromatic carbocycles. The summed E-state index contributed by atoms with van der Waals surface area (Å²) in [7, 11) is 0. The lowest BCUT2D eigenvalue weighted by Gasteiger charge is -2.33. The zero-order valence-corrected chi connectivity index (χ0v) is 18.7. The highest BCUT2D eigenvalue weighted by Crippen LogP contribution is 2.35. The first-order valence-corrected chi connectivity index (χ1v) is 11.4. The van der Waals surface area contributed by atoms with Crippen LogP contribution in [-0.2, 0) is 0 Å². The monoisotopic (exact) mass is 434 g/mol. The van der Waals surface area contributed by atoms with Crippen LogP contribution in [0.25, 0.3) is 21.1 Å². The molecule has 0 saturated carbocycles. The predicted octanol–water partition coefficient (Wildman–Crippen LogP) is 5.21. The second kappa shape index (κ2) is 7.35. The van der Waals surface area contributed by atoms with Crippen LogP contribution in [0.2, 0.25) is 0 Å². The van der Waals surface area contributed by atoms with Crippen LogP contribution >= 0.6 is 11.3 Å². The van der Waals surface area contributed by atoms with Gasteiger partial charge in [-0.1, -0.05) is 0 Å². The Morgan fingerprint density at radius 2 is 2.13 bits per heavy atom. The lowest BCUT2D eigenvalue weighted by atomic mass is 9.96. The molecule has 1 saturated heterocycles. The highest BCUT2D eigenvalue weighted by molar-refractivity contribution is 7.21. The maximum atomic E-state index is 13.3. The molecule has 1 fully saturated rings. The topological polar surface area (TPSA) is 81.2 Å². The summed E-state index contributed by atoms with van der Waals surface area (Å²) in [6.07, 6.45) is 3.50. The smallest absolute Gasteiger partial charge is 0.264 e.